The average molecular weight is 77.1 g/mol. The van der Waals surface area contributed by atoms with E-state index in [9.17, 15) is 4.79 Å². The summed E-state index contributed by atoms with van der Waals surface area (Å²) in [5.41, 5.74) is 0. The Labute approximate surface area is 30.6 Å². The molecule has 0 aromatic heterocycles. The summed E-state index contributed by atoms with van der Waals surface area (Å²) in [7, 11) is -0.519. The van der Waals surface area contributed by atoms with Crippen LogP contribution in [-0.2, 0) is 4.74 Å². The standard InChI is InChI=1S/C2H4O3/c1-5-2(3)4/h1H3,(H,3,4)/i1D. The van der Waals surface area contributed by atoms with E-state index in [0.29, 0.717) is 0 Å². The number of rotatable bonds is 0. The van der Waals surface area contributed by atoms with E-state index in [0.717, 1.165) is 0 Å². The molecule has 0 spiro atoms. The largest absolute Gasteiger partial charge is 0.505 e. The Hall–Kier alpha value is -0.730. The zero-order valence-corrected chi connectivity index (χ0v) is 2.47. The first-order chi connectivity index (χ1) is 2.77. The third kappa shape index (κ3) is 3.27. The number of ether oxygens (including phenoxy) is 1. The maximum absolute atomic E-state index is 9.26. The monoisotopic (exact) mass is 77.0 g/mol. The van der Waals surface area contributed by atoms with Gasteiger partial charge in [-0.1, -0.05) is 0 Å². The van der Waals surface area contributed by atoms with Crippen molar-refractivity contribution < 1.29 is 16.0 Å². The molecule has 0 saturated carbocycles. The average Bonchev–Trinajstić information content (AvgIpc) is 1.35. The van der Waals surface area contributed by atoms with Crippen molar-refractivity contribution in [3.8, 4) is 0 Å². The number of methoxy groups -OCH3 is 1. The lowest BCUT2D eigenvalue weighted by Gasteiger charge is -1.79. The van der Waals surface area contributed by atoms with E-state index in [1.165, 1.54) is 0 Å². The van der Waals surface area contributed by atoms with Crippen LogP contribution in [0, 0.1) is 0 Å². The normalized spacial score (nSPS) is 9.20. The molecule has 0 fully saturated rings. The first kappa shape index (κ1) is 2.50. The molecule has 0 aromatic carbocycles. The summed E-state index contributed by atoms with van der Waals surface area (Å²) in [6, 6.07) is 0. The molecule has 30 valence electrons. The molecule has 0 radical (unpaired) electrons. The Kier molecular flexibility index (Phi) is 0.789. The van der Waals surface area contributed by atoms with Crippen LogP contribution in [0.3, 0.4) is 0 Å². The zero-order chi connectivity index (χ0) is 4.99. The quantitative estimate of drug-likeness (QED) is 0.423. The van der Waals surface area contributed by atoms with Crippen molar-refractivity contribution in [2.45, 2.75) is 0 Å². The highest BCUT2D eigenvalue weighted by Gasteiger charge is 1.80. The van der Waals surface area contributed by atoms with E-state index >= 15 is 0 Å². The van der Waals surface area contributed by atoms with Crippen molar-refractivity contribution in [2.24, 2.45) is 0 Å². The van der Waals surface area contributed by atoms with Crippen molar-refractivity contribution in [3.63, 3.8) is 0 Å². The highest BCUT2D eigenvalue weighted by molar-refractivity contribution is 5.56. The van der Waals surface area contributed by atoms with Crippen LogP contribution < -0.4 is 0 Å². The van der Waals surface area contributed by atoms with Crippen LogP contribution in [0.25, 0.3) is 0 Å². The Morgan fingerprint density at radius 3 is 3.00 bits per heavy atom. The summed E-state index contributed by atoms with van der Waals surface area (Å²) >= 11 is 0. The van der Waals surface area contributed by atoms with Gasteiger partial charge in [0.05, 0.1) is 8.46 Å². The molecule has 0 rings (SSSR count). The zero-order valence-electron chi connectivity index (χ0n) is 3.47. The van der Waals surface area contributed by atoms with Gasteiger partial charge in [-0.2, -0.15) is 0 Å². The molecule has 0 aromatic rings. The van der Waals surface area contributed by atoms with Crippen molar-refractivity contribution >= 4 is 6.16 Å². The van der Waals surface area contributed by atoms with Crippen LogP contribution in [0.15, 0.2) is 0 Å². The minimum absolute atomic E-state index is 0.519. The lowest BCUT2D eigenvalue weighted by Crippen LogP contribution is -1.91. The van der Waals surface area contributed by atoms with Crippen LogP contribution in [0.1, 0.15) is 1.37 Å². The van der Waals surface area contributed by atoms with Gasteiger partial charge in [-0.05, 0) is 0 Å². The summed E-state index contributed by atoms with van der Waals surface area (Å²) in [4.78, 5) is 9.26. The molecule has 0 aliphatic heterocycles. The molecule has 0 heterocycles. The first-order valence-corrected chi connectivity index (χ1v) is 0.921. The molecule has 0 aliphatic carbocycles. The number of carboxylic acid groups (broad SMARTS) is 1. The molecule has 0 amide bonds. The second-order valence-corrected chi connectivity index (χ2v) is 0.410. The molecule has 5 heavy (non-hydrogen) atoms. The molecular formula is C2H4O3. The minimum Gasteiger partial charge on any atom is -0.450 e. The van der Waals surface area contributed by atoms with Crippen LogP contribution in [0.2, 0.25) is 0 Å². The topological polar surface area (TPSA) is 46.5 Å². The highest BCUT2D eigenvalue weighted by Crippen LogP contribution is 1.60. The van der Waals surface area contributed by atoms with E-state index in [-0.39, 0.29) is 0 Å². The molecule has 0 unspecified atom stereocenters. The van der Waals surface area contributed by atoms with Crippen molar-refractivity contribution in [1.82, 2.24) is 0 Å². The van der Waals surface area contributed by atoms with Crippen molar-refractivity contribution in [2.75, 3.05) is 7.09 Å². The summed E-state index contributed by atoms with van der Waals surface area (Å²) < 4.78 is 9.75. The fourth-order valence-electron chi connectivity index (χ4n) is 0. The second-order valence-electron chi connectivity index (χ2n) is 0.410. The Morgan fingerprint density at radius 1 is 2.40 bits per heavy atom. The van der Waals surface area contributed by atoms with E-state index in [1.54, 1.807) is 0 Å². The highest BCUT2D eigenvalue weighted by atomic mass is 16.6. The van der Waals surface area contributed by atoms with Gasteiger partial charge in [0.1, 0.15) is 0 Å². The summed E-state index contributed by atoms with van der Waals surface area (Å²) in [6.45, 7) is 0. The number of hydrogen-bond donors (Lipinski definition) is 1. The SMILES string of the molecule is [2H]COC(=O)O. The third-order valence-corrected chi connectivity index (χ3v) is 0.123. The van der Waals surface area contributed by atoms with Crippen LogP contribution in [0.4, 0.5) is 4.79 Å². The summed E-state index contributed by atoms with van der Waals surface area (Å²) in [5, 5.41) is 7.57. The first-order valence-electron chi connectivity index (χ1n) is 1.63. The third-order valence-electron chi connectivity index (χ3n) is 0.123. The summed E-state index contributed by atoms with van der Waals surface area (Å²) in [6.07, 6.45) is -1.40. The van der Waals surface area contributed by atoms with Gasteiger partial charge < -0.3 is 9.84 Å². The Bertz CT molecular complexity index is 52.8. The van der Waals surface area contributed by atoms with Crippen LogP contribution in [-0.4, -0.2) is 18.3 Å². The lowest BCUT2D eigenvalue weighted by molar-refractivity contribution is 0.114. The van der Waals surface area contributed by atoms with E-state index in [1.807, 2.05) is 0 Å². The maximum atomic E-state index is 9.26. The Morgan fingerprint density at radius 2 is 3.00 bits per heavy atom. The molecule has 3 heteroatoms. The molecule has 0 bridgehead atoms. The van der Waals surface area contributed by atoms with E-state index in [4.69, 9.17) is 6.48 Å². The van der Waals surface area contributed by atoms with Crippen LogP contribution >= 0.6 is 0 Å². The minimum atomic E-state index is -1.40. The molecule has 1 N–H and O–H groups in total. The fraction of sp³-hybridized carbons (Fsp3) is 0.500. The predicted molar refractivity (Wildman–Crippen MR) is 15.0 cm³/mol. The van der Waals surface area contributed by atoms with Crippen molar-refractivity contribution in [1.29, 1.82) is 0 Å². The maximum Gasteiger partial charge on any atom is 0.505 e. The lowest BCUT2D eigenvalue weighted by atomic mass is 11.4. The number of hydrogen-bond acceptors (Lipinski definition) is 2. The Balaban J connectivity index is 2.83. The van der Waals surface area contributed by atoms with Gasteiger partial charge in [0.25, 0.3) is 0 Å². The fourth-order valence-corrected chi connectivity index (χ4v) is 0. The van der Waals surface area contributed by atoms with Crippen molar-refractivity contribution in [3.05, 3.63) is 0 Å². The van der Waals surface area contributed by atoms with Gasteiger partial charge in [0, 0.05) is 0 Å². The van der Waals surface area contributed by atoms with Gasteiger partial charge in [-0.25, -0.2) is 4.79 Å². The molecule has 0 saturated heterocycles. The van der Waals surface area contributed by atoms with Crippen LogP contribution in [0.5, 0.6) is 0 Å². The van der Waals surface area contributed by atoms with Gasteiger partial charge in [0.2, 0.25) is 0 Å². The molecule has 0 atom stereocenters. The predicted octanol–water partition coefficient (Wildman–Crippen LogP) is 0.311. The van der Waals surface area contributed by atoms with Gasteiger partial charge in [0.15, 0.2) is 0 Å². The van der Waals surface area contributed by atoms with E-state index in [2.05, 4.69) is 4.74 Å². The molecular weight excluding hydrogens is 72.0 g/mol. The van der Waals surface area contributed by atoms with Gasteiger partial charge >= 0.3 is 6.16 Å². The smallest absolute Gasteiger partial charge is 0.450 e. The van der Waals surface area contributed by atoms with Gasteiger partial charge in [-0.15, -0.1) is 0 Å². The molecule has 3 nitrogen and oxygen atoms in total. The molecule has 0 aliphatic rings. The van der Waals surface area contributed by atoms with E-state index < -0.39 is 13.2 Å². The number of carbonyl (C=O) groups is 1. The summed E-state index contributed by atoms with van der Waals surface area (Å²) in [5.74, 6) is 0. The van der Waals surface area contributed by atoms with Gasteiger partial charge in [-0.3, -0.25) is 0 Å². The second kappa shape index (κ2) is 1.58.